The highest BCUT2D eigenvalue weighted by atomic mass is 35.5. The second kappa shape index (κ2) is 17.1. The average Bonchev–Trinajstić information content (AvgIpc) is 2.92. The minimum atomic E-state index is -1.83. The van der Waals surface area contributed by atoms with Crippen LogP contribution in [0.3, 0.4) is 0 Å². The SMILES string of the molecule is CN(C)CCCOc1cc(-c2nc(C(=O)NC3CCCCC3)ccc2-c2ccc(F)cc2Cl)ccc1Cl.Cl.O=C(O)O. The van der Waals surface area contributed by atoms with E-state index in [1.807, 2.05) is 32.3 Å². The van der Waals surface area contributed by atoms with Crippen molar-refractivity contribution in [1.29, 1.82) is 0 Å². The van der Waals surface area contributed by atoms with Gasteiger partial charge in [-0.3, -0.25) is 4.79 Å². The van der Waals surface area contributed by atoms with E-state index in [4.69, 9.17) is 47.9 Å². The van der Waals surface area contributed by atoms with Gasteiger partial charge in [0.2, 0.25) is 0 Å². The normalized spacial score (nSPS) is 13.0. The van der Waals surface area contributed by atoms with Crippen LogP contribution < -0.4 is 10.1 Å². The molecule has 228 valence electrons. The molecule has 1 aliphatic carbocycles. The summed E-state index contributed by atoms with van der Waals surface area (Å²) in [4.78, 5) is 28.5. The lowest BCUT2D eigenvalue weighted by atomic mass is 9.95. The number of hydrogen-bond donors (Lipinski definition) is 3. The van der Waals surface area contributed by atoms with Crippen molar-refractivity contribution < 1.29 is 28.9 Å². The van der Waals surface area contributed by atoms with Crippen LogP contribution in [0.1, 0.15) is 49.0 Å². The van der Waals surface area contributed by atoms with Gasteiger partial charge in [0.15, 0.2) is 0 Å². The van der Waals surface area contributed by atoms with Crippen molar-refractivity contribution in [2.75, 3.05) is 27.2 Å². The minimum absolute atomic E-state index is 0. The van der Waals surface area contributed by atoms with Crippen LogP contribution in [0.4, 0.5) is 9.18 Å². The van der Waals surface area contributed by atoms with Crippen LogP contribution in [0.2, 0.25) is 10.0 Å². The molecule has 1 amide bonds. The maximum absolute atomic E-state index is 13.8. The number of halogens is 4. The van der Waals surface area contributed by atoms with Crippen LogP contribution in [-0.2, 0) is 0 Å². The number of nitrogens with zero attached hydrogens (tertiary/aromatic N) is 2. The molecule has 8 nitrogen and oxygen atoms in total. The lowest BCUT2D eigenvalue weighted by Crippen LogP contribution is -2.36. The summed E-state index contributed by atoms with van der Waals surface area (Å²) in [6, 6.07) is 13.3. The van der Waals surface area contributed by atoms with E-state index in [0.29, 0.717) is 39.9 Å². The molecule has 0 spiro atoms. The van der Waals surface area contributed by atoms with Crippen LogP contribution in [-0.4, -0.2) is 65.4 Å². The van der Waals surface area contributed by atoms with Gasteiger partial charge in [-0.15, -0.1) is 12.4 Å². The van der Waals surface area contributed by atoms with E-state index in [2.05, 4.69) is 10.2 Å². The fraction of sp³-hybridized carbons (Fsp3) is 0.367. The van der Waals surface area contributed by atoms with Gasteiger partial charge in [-0.25, -0.2) is 14.2 Å². The van der Waals surface area contributed by atoms with Gasteiger partial charge in [0, 0.05) is 29.3 Å². The van der Waals surface area contributed by atoms with Gasteiger partial charge in [0.25, 0.3) is 5.91 Å². The summed E-state index contributed by atoms with van der Waals surface area (Å²) in [5.74, 6) is -0.0985. The molecule has 0 bridgehead atoms. The zero-order valence-corrected chi connectivity index (χ0v) is 25.7. The predicted molar refractivity (Wildman–Crippen MR) is 166 cm³/mol. The standard InChI is InChI=1S/C29H32Cl2FN3O2.CH2O3.ClH/c1-35(2)15-6-16-37-27-17-19(9-13-24(27)30)28-23(22-11-10-20(32)18-25(22)31)12-14-26(34-28)29(36)33-21-7-4-3-5-8-21;2-1(3)4;/h9-14,17-18,21H,3-8,15-16H2,1-2H3,(H,33,36);(H2,2,3,4);1H. The number of nitrogens with one attached hydrogen (secondary N) is 1. The summed E-state index contributed by atoms with van der Waals surface area (Å²) in [5, 5.41) is 17.8. The zero-order chi connectivity index (χ0) is 29.9. The first-order valence-electron chi connectivity index (χ1n) is 13.3. The third-order valence-electron chi connectivity index (χ3n) is 6.50. The molecule has 2 aromatic carbocycles. The van der Waals surface area contributed by atoms with Crippen molar-refractivity contribution >= 4 is 47.7 Å². The molecule has 3 N–H and O–H groups in total. The summed E-state index contributed by atoms with van der Waals surface area (Å²) in [6.45, 7) is 1.40. The van der Waals surface area contributed by atoms with E-state index in [-0.39, 0.29) is 29.4 Å². The number of ether oxygens (including phenoxy) is 1. The Morgan fingerprint density at radius 1 is 1.00 bits per heavy atom. The maximum Gasteiger partial charge on any atom is 0.503 e. The number of carboxylic acid groups (broad SMARTS) is 2. The van der Waals surface area contributed by atoms with E-state index in [1.54, 1.807) is 18.2 Å². The summed E-state index contributed by atoms with van der Waals surface area (Å²) in [7, 11) is 4.03. The fourth-order valence-corrected chi connectivity index (χ4v) is 5.00. The molecule has 0 radical (unpaired) electrons. The van der Waals surface area contributed by atoms with Crippen molar-refractivity contribution in [3.05, 3.63) is 70.1 Å². The van der Waals surface area contributed by atoms with Crippen LogP contribution in [0.25, 0.3) is 22.4 Å². The molecule has 0 aliphatic heterocycles. The number of aromatic nitrogens is 1. The summed E-state index contributed by atoms with van der Waals surface area (Å²) >= 11 is 12.9. The topological polar surface area (TPSA) is 112 Å². The molecular formula is C30H35Cl3FN3O5. The first-order chi connectivity index (χ1) is 19.5. The number of benzene rings is 2. The first-order valence-corrected chi connectivity index (χ1v) is 14.1. The molecule has 4 rings (SSSR count). The van der Waals surface area contributed by atoms with Crippen molar-refractivity contribution in [1.82, 2.24) is 15.2 Å². The minimum Gasteiger partial charge on any atom is -0.492 e. The molecule has 0 saturated heterocycles. The van der Waals surface area contributed by atoms with Crippen molar-refractivity contribution in [3.63, 3.8) is 0 Å². The number of amides is 1. The number of carbonyl (C=O) groups is 2. The highest BCUT2D eigenvalue weighted by Crippen LogP contribution is 2.38. The van der Waals surface area contributed by atoms with Crippen LogP contribution in [0, 0.1) is 5.82 Å². The Labute approximate surface area is 261 Å². The Bertz CT molecular complexity index is 1350. The number of hydrogen-bond acceptors (Lipinski definition) is 5. The Hall–Kier alpha value is -3.11. The second-order valence-corrected chi connectivity index (χ2v) is 10.8. The lowest BCUT2D eigenvalue weighted by Gasteiger charge is -2.22. The summed E-state index contributed by atoms with van der Waals surface area (Å²) in [5.41, 5.74) is 2.87. The van der Waals surface area contributed by atoms with Crippen molar-refractivity contribution in [2.45, 2.75) is 44.6 Å². The van der Waals surface area contributed by atoms with E-state index >= 15 is 0 Å². The van der Waals surface area contributed by atoms with Gasteiger partial charge in [-0.2, -0.15) is 0 Å². The Kier molecular flexibility index (Phi) is 14.3. The van der Waals surface area contributed by atoms with E-state index in [9.17, 15) is 9.18 Å². The third kappa shape index (κ3) is 10.6. The molecule has 12 heteroatoms. The van der Waals surface area contributed by atoms with Gasteiger partial charge < -0.3 is 25.2 Å². The van der Waals surface area contributed by atoms with E-state index in [1.165, 1.54) is 18.6 Å². The van der Waals surface area contributed by atoms with Gasteiger partial charge in [-0.1, -0.05) is 48.5 Å². The Morgan fingerprint density at radius 2 is 1.67 bits per heavy atom. The van der Waals surface area contributed by atoms with Crippen LogP contribution >= 0.6 is 35.6 Å². The van der Waals surface area contributed by atoms with Gasteiger partial charge in [0.05, 0.1) is 22.3 Å². The van der Waals surface area contributed by atoms with Crippen molar-refractivity contribution in [2.24, 2.45) is 0 Å². The molecule has 0 unspecified atom stereocenters. The predicted octanol–water partition coefficient (Wildman–Crippen LogP) is 7.90. The molecule has 1 aliphatic rings. The quantitative estimate of drug-likeness (QED) is 0.204. The zero-order valence-electron chi connectivity index (χ0n) is 23.4. The molecule has 0 atom stereocenters. The first kappa shape index (κ1) is 35.1. The molecule has 1 heterocycles. The highest BCUT2D eigenvalue weighted by molar-refractivity contribution is 6.33. The highest BCUT2D eigenvalue weighted by Gasteiger charge is 2.21. The van der Waals surface area contributed by atoms with Crippen LogP contribution in [0.5, 0.6) is 5.75 Å². The molecule has 3 aromatic rings. The summed E-state index contributed by atoms with van der Waals surface area (Å²) < 4.78 is 19.8. The average molecular weight is 643 g/mol. The Balaban J connectivity index is 0.00000116. The van der Waals surface area contributed by atoms with Gasteiger partial charge in [0.1, 0.15) is 17.3 Å². The number of pyridine rings is 1. The molecule has 42 heavy (non-hydrogen) atoms. The second-order valence-electron chi connectivity index (χ2n) is 9.96. The van der Waals surface area contributed by atoms with E-state index in [0.717, 1.165) is 44.2 Å². The van der Waals surface area contributed by atoms with E-state index < -0.39 is 12.0 Å². The monoisotopic (exact) mass is 641 g/mol. The van der Waals surface area contributed by atoms with Gasteiger partial charge >= 0.3 is 6.16 Å². The molecule has 1 fully saturated rings. The molecule has 1 aromatic heterocycles. The maximum atomic E-state index is 13.8. The number of rotatable bonds is 9. The summed E-state index contributed by atoms with van der Waals surface area (Å²) in [6.07, 6.45) is 4.42. The lowest BCUT2D eigenvalue weighted by molar-refractivity contribution is 0.0922. The van der Waals surface area contributed by atoms with Gasteiger partial charge in [-0.05, 0) is 75.8 Å². The smallest absolute Gasteiger partial charge is 0.492 e. The third-order valence-corrected chi connectivity index (χ3v) is 7.13. The largest absolute Gasteiger partial charge is 0.503 e. The fourth-order valence-electron chi connectivity index (χ4n) is 4.56. The van der Waals surface area contributed by atoms with Crippen LogP contribution in [0.15, 0.2) is 48.5 Å². The molecule has 1 saturated carbocycles. The molecular weight excluding hydrogens is 608 g/mol. The van der Waals surface area contributed by atoms with Crippen molar-refractivity contribution in [3.8, 4) is 28.1 Å². The Morgan fingerprint density at radius 3 is 2.31 bits per heavy atom. The number of carbonyl (C=O) groups excluding carboxylic acids is 1.